The van der Waals surface area contributed by atoms with Gasteiger partial charge in [-0.15, -0.1) is 5.10 Å². The molecule has 0 aliphatic rings. The molecule has 0 aliphatic heterocycles. The van der Waals surface area contributed by atoms with E-state index in [0.717, 1.165) is 12.1 Å². The monoisotopic (exact) mass is 261 g/mol. The Morgan fingerprint density at radius 3 is 2.63 bits per heavy atom. The van der Waals surface area contributed by atoms with Gasteiger partial charge in [-0.2, -0.15) is 0 Å². The minimum Gasteiger partial charge on any atom is -0.384 e. The van der Waals surface area contributed by atoms with E-state index < -0.39 is 6.10 Å². The molecule has 0 saturated heterocycles. The van der Waals surface area contributed by atoms with Crippen LogP contribution in [0.5, 0.6) is 0 Å². The van der Waals surface area contributed by atoms with Gasteiger partial charge in [0.25, 0.3) is 0 Å². The van der Waals surface area contributed by atoms with Crippen molar-refractivity contribution in [1.82, 2.24) is 15.0 Å². The van der Waals surface area contributed by atoms with E-state index in [-0.39, 0.29) is 6.10 Å². The van der Waals surface area contributed by atoms with Crippen LogP contribution in [0, 0.1) is 0 Å². The van der Waals surface area contributed by atoms with Gasteiger partial charge in [0, 0.05) is 6.61 Å². The Morgan fingerprint density at radius 2 is 2.00 bits per heavy atom. The Hall–Kier alpha value is -1.72. The summed E-state index contributed by atoms with van der Waals surface area (Å²) in [4.78, 5) is 0. The molecule has 2 rings (SSSR count). The van der Waals surface area contributed by atoms with Gasteiger partial charge in [-0.3, -0.25) is 0 Å². The summed E-state index contributed by atoms with van der Waals surface area (Å²) in [5, 5.41) is 18.3. The van der Waals surface area contributed by atoms with E-state index in [4.69, 9.17) is 4.74 Å². The van der Waals surface area contributed by atoms with Crippen molar-refractivity contribution in [3.63, 3.8) is 0 Å². The molecule has 1 heterocycles. The highest BCUT2D eigenvalue weighted by Gasteiger charge is 2.24. The molecule has 0 radical (unpaired) electrons. The van der Waals surface area contributed by atoms with E-state index in [9.17, 15) is 5.11 Å². The highest BCUT2D eigenvalue weighted by atomic mass is 16.5. The predicted molar refractivity (Wildman–Crippen MR) is 72.0 cm³/mol. The van der Waals surface area contributed by atoms with Gasteiger partial charge < -0.3 is 9.84 Å². The Kier molecular flexibility index (Phi) is 4.65. The van der Waals surface area contributed by atoms with E-state index in [0.29, 0.717) is 12.3 Å². The van der Waals surface area contributed by atoms with Crippen molar-refractivity contribution < 1.29 is 9.84 Å². The van der Waals surface area contributed by atoms with Crippen LogP contribution < -0.4 is 0 Å². The Labute approximate surface area is 112 Å². The number of nitrogens with zero attached hydrogens (tertiary/aromatic N) is 3. The lowest BCUT2D eigenvalue weighted by molar-refractivity contribution is -0.0382. The minimum absolute atomic E-state index is 0.244. The summed E-state index contributed by atoms with van der Waals surface area (Å²) >= 11 is 0. The fourth-order valence-corrected chi connectivity index (χ4v) is 2.05. The van der Waals surface area contributed by atoms with Crippen LogP contribution in [0.3, 0.4) is 0 Å². The number of rotatable bonds is 6. The number of aliphatic hydroxyl groups is 1. The molecule has 0 aliphatic carbocycles. The zero-order chi connectivity index (χ0) is 13.7. The molecule has 2 atom stereocenters. The van der Waals surface area contributed by atoms with Crippen LogP contribution in [0.25, 0.3) is 5.69 Å². The number of aromatic nitrogens is 3. The molecule has 0 fully saturated rings. The lowest BCUT2D eigenvalue weighted by Crippen LogP contribution is -2.23. The molecule has 2 unspecified atom stereocenters. The van der Waals surface area contributed by atoms with Gasteiger partial charge in [-0.25, -0.2) is 4.68 Å². The van der Waals surface area contributed by atoms with E-state index in [1.165, 1.54) is 0 Å². The van der Waals surface area contributed by atoms with Crippen LogP contribution >= 0.6 is 0 Å². The SMILES string of the molecule is CCOC(CC)C(O)c1cnnn1-c1ccccc1. The maximum atomic E-state index is 10.4. The Morgan fingerprint density at radius 1 is 1.26 bits per heavy atom. The fourth-order valence-electron chi connectivity index (χ4n) is 2.05. The summed E-state index contributed by atoms with van der Waals surface area (Å²) in [6.45, 7) is 4.48. The van der Waals surface area contributed by atoms with Gasteiger partial charge in [-0.1, -0.05) is 30.3 Å². The molecule has 102 valence electrons. The first kappa shape index (κ1) is 13.7. The molecule has 1 aromatic carbocycles. The predicted octanol–water partition coefficient (Wildman–Crippen LogP) is 2.12. The average Bonchev–Trinajstić information content (AvgIpc) is 2.94. The van der Waals surface area contributed by atoms with Gasteiger partial charge in [0.05, 0.1) is 23.7 Å². The van der Waals surface area contributed by atoms with Gasteiger partial charge in [0.2, 0.25) is 0 Å². The van der Waals surface area contributed by atoms with Crippen LogP contribution in [-0.2, 0) is 4.74 Å². The summed E-state index contributed by atoms with van der Waals surface area (Å²) in [5.41, 5.74) is 1.52. The zero-order valence-electron chi connectivity index (χ0n) is 11.2. The van der Waals surface area contributed by atoms with Gasteiger partial charge in [0.1, 0.15) is 6.10 Å². The quantitative estimate of drug-likeness (QED) is 0.865. The second kappa shape index (κ2) is 6.45. The van der Waals surface area contributed by atoms with Crippen molar-refractivity contribution in [2.45, 2.75) is 32.5 Å². The highest BCUT2D eigenvalue weighted by Crippen LogP contribution is 2.22. The maximum Gasteiger partial charge on any atom is 0.124 e. The van der Waals surface area contributed by atoms with E-state index in [1.54, 1.807) is 10.9 Å². The highest BCUT2D eigenvalue weighted by molar-refractivity contribution is 5.32. The third-order valence-electron chi connectivity index (χ3n) is 3.01. The molecule has 0 spiro atoms. The summed E-state index contributed by atoms with van der Waals surface area (Å²) in [5.74, 6) is 0. The first-order valence-corrected chi connectivity index (χ1v) is 6.53. The molecule has 0 bridgehead atoms. The number of benzene rings is 1. The van der Waals surface area contributed by atoms with Crippen molar-refractivity contribution in [1.29, 1.82) is 0 Å². The Balaban J connectivity index is 2.29. The third kappa shape index (κ3) is 3.00. The smallest absolute Gasteiger partial charge is 0.124 e. The van der Waals surface area contributed by atoms with Crippen molar-refractivity contribution in [3.8, 4) is 5.69 Å². The lowest BCUT2D eigenvalue weighted by Gasteiger charge is -2.21. The van der Waals surface area contributed by atoms with Crippen molar-refractivity contribution >= 4 is 0 Å². The molecular weight excluding hydrogens is 242 g/mol. The van der Waals surface area contributed by atoms with Crippen LogP contribution in [-0.4, -0.2) is 32.8 Å². The molecule has 1 aromatic heterocycles. The molecule has 5 heteroatoms. The van der Waals surface area contributed by atoms with E-state index in [1.807, 2.05) is 44.2 Å². The number of aliphatic hydroxyl groups excluding tert-OH is 1. The zero-order valence-corrected chi connectivity index (χ0v) is 11.2. The molecule has 19 heavy (non-hydrogen) atoms. The normalized spacial score (nSPS) is 14.3. The second-order valence-corrected chi connectivity index (χ2v) is 4.25. The molecule has 0 saturated carbocycles. The van der Waals surface area contributed by atoms with Crippen molar-refractivity contribution in [2.24, 2.45) is 0 Å². The number of hydrogen-bond acceptors (Lipinski definition) is 4. The number of para-hydroxylation sites is 1. The molecule has 1 N–H and O–H groups in total. The maximum absolute atomic E-state index is 10.4. The average molecular weight is 261 g/mol. The minimum atomic E-state index is -0.736. The number of hydrogen-bond donors (Lipinski definition) is 1. The first-order chi connectivity index (χ1) is 9.27. The summed E-state index contributed by atoms with van der Waals surface area (Å²) in [7, 11) is 0. The van der Waals surface area contributed by atoms with Crippen LogP contribution in [0.2, 0.25) is 0 Å². The summed E-state index contributed by atoms with van der Waals surface area (Å²) < 4.78 is 7.19. The lowest BCUT2D eigenvalue weighted by atomic mass is 10.1. The first-order valence-electron chi connectivity index (χ1n) is 6.53. The molecule has 2 aromatic rings. The second-order valence-electron chi connectivity index (χ2n) is 4.25. The molecule has 5 nitrogen and oxygen atoms in total. The fraction of sp³-hybridized carbons (Fsp3) is 0.429. The number of ether oxygens (including phenoxy) is 1. The van der Waals surface area contributed by atoms with E-state index in [2.05, 4.69) is 10.3 Å². The van der Waals surface area contributed by atoms with Crippen molar-refractivity contribution in [2.75, 3.05) is 6.61 Å². The summed E-state index contributed by atoms with van der Waals surface area (Å²) in [6, 6.07) is 9.63. The third-order valence-corrected chi connectivity index (χ3v) is 3.01. The van der Waals surface area contributed by atoms with Crippen molar-refractivity contribution in [3.05, 3.63) is 42.2 Å². The Bertz CT molecular complexity index is 498. The van der Waals surface area contributed by atoms with Crippen LogP contribution in [0.15, 0.2) is 36.5 Å². The molecular formula is C14H19N3O2. The van der Waals surface area contributed by atoms with E-state index >= 15 is 0 Å². The van der Waals surface area contributed by atoms with Gasteiger partial charge >= 0.3 is 0 Å². The topological polar surface area (TPSA) is 60.2 Å². The van der Waals surface area contributed by atoms with Crippen LogP contribution in [0.4, 0.5) is 0 Å². The molecule has 0 amide bonds. The standard InChI is InChI=1S/C14H19N3O2/c1-3-13(19-4-2)14(18)12-10-15-16-17(12)11-8-6-5-7-9-11/h5-10,13-14,18H,3-4H2,1-2H3. The summed E-state index contributed by atoms with van der Waals surface area (Å²) in [6.07, 6.45) is 1.33. The van der Waals surface area contributed by atoms with Crippen LogP contribution in [0.1, 0.15) is 32.1 Å². The van der Waals surface area contributed by atoms with Gasteiger partial charge in [0.15, 0.2) is 0 Å². The largest absolute Gasteiger partial charge is 0.384 e. The van der Waals surface area contributed by atoms with Gasteiger partial charge in [-0.05, 0) is 25.5 Å².